The number of halogens is 1. The number of hydrogen-bond acceptors (Lipinski definition) is 8. The largest absolute Gasteiger partial charge is 0.454 e. The quantitative estimate of drug-likeness (QED) is 0.484. The van der Waals surface area contributed by atoms with Crippen molar-refractivity contribution in [2.24, 2.45) is 0 Å². The second-order valence-electron chi connectivity index (χ2n) is 7.87. The van der Waals surface area contributed by atoms with E-state index in [0.29, 0.717) is 11.4 Å². The summed E-state index contributed by atoms with van der Waals surface area (Å²) >= 11 is 0. The Hall–Kier alpha value is -3.72. The number of fused-ring (bicyclic) bond motifs is 2. The first-order chi connectivity index (χ1) is 15.7. The summed E-state index contributed by atoms with van der Waals surface area (Å²) in [6.45, 7) is 4.52. The Morgan fingerprint density at radius 2 is 1.72 bits per heavy atom. The molecule has 0 N–H and O–H groups in total. The Morgan fingerprint density at radius 3 is 2.56 bits per heavy atom. The monoisotopic (exact) mass is 433 g/mol. The normalized spacial score (nSPS) is 16.1. The molecule has 0 saturated carbocycles. The standard InChI is InChI=1S/C23H20FN5O3/c24-17-4-2-16(3-5-17)21-20-22(25-13-26-23(20)32-27-21)29-9-7-28(8-10-29)12-15-1-6-18-19(11-15)31-14-30-18/h1-6,11,13H,7-10,12,14H2. The molecule has 2 aliphatic rings. The number of nitrogens with zero attached hydrogens (tertiary/aromatic N) is 5. The number of hydrogen-bond donors (Lipinski definition) is 0. The molecule has 0 radical (unpaired) electrons. The van der Waals surface area contributed by atoms with Gasteiger partial charge >= 0.3 is 0 Å². The van der Waals surface area contributed by atoms with Crippen molar-refractivity contribution < 1.29 is 18.4 Å². The number of benzene rings is 2. The molecule has 162 valence electrons. The fraction of sp³-hybridized carbons (Fsp3) is 0.261. The smallest absolute Gasteiger partial charge is 0.263 e. The molecule has 0 unspecified atom stereocenters. The van der Waals surface area contributed by atoms with Crippen LogP contribution in [0.4, 0.5) is 10.2 Å². The van der Waals surface area contributed by atoms with Crippen molar-refractivity contribution in [3.63, 3.8) is 0 Å². The van der Waals surface area contributed by atoms with Gasteiger partial charge in [-0.15, -0.1) is 0 Å². The van der Waals surface area contributed by atoms with Crippen LogP contribution in [0.2, 0.25) is 0 Å². The highest BCUT2D eigenvalue weighted by atomic mass is 19.1. The molecule has 2 aromatic carbocycles. The maximum Gasteiger partial charge on any atom is 0.263 e. The summed E-state index contributed by atoms with van der Waals surface area (Å²) in [5.74, 6) is 2.11. The summed E-state index contributed by atoms with van der Waals surface area (Å²) in [5.41, 5.74) is 3.02. The van der Waals surface area contributed by atoms with E-state index in [2.05, 4.69) is 37.1 Å². The van der Waals surface area contributed by atoms with Crippen molar-refractivity contribution in [1.29, 1.82) is 0 Å². The summed E-state index contributed by atoms with van der Waals surface area (Å²) in [4.78, 5) is 13.4. The molecule has 0 atom stereocenters. The van der Waals surface area contributed by atoms with Crippen molar-refractivity contribution in [3.8, 4) is 22.8 Å². The number of rotatable bonds is 4. The maximum absolute atomic E-state index is 13.4. The van der Waals surface area contributed by atoms with Gasteiger partial charge in [0, 0.05) is 38.3 Å². The fourth-order valence-electron chi connectivity index (χ4n) is 4.23. The van der Waals surface area contributed by atoms with E-state index < -0.39 is 0 Å². The van der Waals surface area contributed by atoms with E-state index in [-0.39, 0.29) is 12.6 Å². The van der Waals surface area contributed by atoms with Crippen molar-refractivity contribution in [2.75, 3.05) is 37.9 Å². The van der Waals surface area contributed by atoms with Crippen molar-refractivity contribution >= 4 is 16.9 Å². The first-order valence-electron chi connectivity index (χ1n) is 10.5. The second kappa shape index (κ2) is 7.76. The topological polar surface area (TPSA) is 76.8 Å². The summed E-state index contributed by atoms with van der Waals surface area (Å²) in [5, 5.41) is 4.94. The SMILES string of the molecule is Fc1ccc(-c2noc3ncnc(N4CCN(Cc5ccc6c(c5)OCO6)CC4)c23)cc1. The van der Waals surface area contributed by atoms with Gasteiger partial charge in [0.2, 0.25) is 6.79 Å². The first kappa shape index (κ1) is 19.0. The summed E-state index contributed by atoms with van der Waals surface area (Å²) in [6, 6.07) is 12.3. The second-order valence-corrected chi connectivity index (χ2v) is 7.87. The molecule has 6 rings (SSSR count). The van der Waals surface area contributed by atoms with Crippen LogP contribution in [-0.2, 0) is 6.54 Å². The average molecular weight is 433 g/mol. The van der Waals surface area contributed by atoms with Crippen LogP contribution < -0.4 is 14.4 Å². The molecule has 1 fully saturated rings. The lowest BCUT2D eigenvalue weighted by Gasteiger charge is -2.35. The Morgan fingerprint density at radius 1 is 0.906 bits per heavy atom. The van der Waals surface area contributed by atoms with Crippen molar-refractivity contribution in [2.45, 2.75) is 6.54 Å². The number of ether oxygens (including phenoxy) is 2. The predicted molar refractivity (Wildman–Crippen MR) is 115 cm³/mol. The third kappa shape index (κ3) is 3.40. The molecule has 2 aliphatic heterocycles. The minimum absolute atomic E-state index is 0.285. The lowest BCUT2D eigenvalue weighted by Crippen LogP contribution is -2.46. The number of aromatic nitrogens is 3. The van der Waals surface area contributed by atoms with Crippen LogP contribution in [0.1, 0.15) is 5.56 Å². The minimum atomic E-state index is -0.295. The molecule has 1 saturated heterocycles. The van der Waals surface area contributed by atoms with Crippen LogP contribution in [0.15, 0.2) is 53.3 Å². The molecule has 2 aromatic heterocycles. The van der Waals surface area contributed by atoms with E-state index in [1.807, 2.05) is 6.07 Å². The van der Waals surface area contributed by atoms with E-state index in [9.17, 15) is 4.39 Å². The van der Waals surface area contributed by atoms with Crippen LogP contribution in [0.5, 0.6) is 11.5 Å². The Labute approximate surface area is 183 Å². The zero-order valence-electron chi connectivity index (χ0n) is 17.2. The zero-order chi connectivity index (χ0) is 21.5. The highest BCUT2D eigenvalue weighted by Gasteiger charge is 2.24. The van der Waals surface area contributed by atoms with Gasteiger partial charge in [0.15, 0.2) is 11.5 Å². The minimum Gasteiger partial charge on any atom is -0.454 e. The molecular weight excluding hydrogens is 413 g/mol. The molecule has 0 amide bonds. The summed E-state index contributed by atoms with van der Waals surface area (Å²) < 4.78 is 29.7. The third-order valence-corrected chi connectivity index (χ3v) is 5.89. The summed E-state index contributed by atoms with van der Waals surface area (Å²) in [6.07, 6.45) is 1.50. The predicted octanol–water partition coefficient (Wildman–Crippen LogP) is 3.47. The van der Waals surface area contributed by atoms with E-state index >= 15 is 0 Å². The molecule has 0 bridgehead atoms. The molecular formula is C23H20FN5O3. The van der Waals surface area contributed by atoms with Gasteiger partial charge in [-0.3, -0.25) is 4.90 Å². The van der Waals surface area contributed by atoms with Gasteiger partial charge in [-0.05, 0) is 42.0 Å². The Kier molecular flexibility index (Phi) is 4.61. The van der Waals surface area contributed by atoms with Gasteiger partial charge in [0.05, 0.1) is 0 Å². The molecule has 4 aromatic rings. The van der Waals surface area contributed by atoms with Gasteiger partial charge in [-0.2, -0.15) is 4.98 Å². The lowest BCUT2D eigenvalue weighted by atomic mass is 10.1. The van der Waals surface area contributed by atoms with Crippen molar-refractivity contribution in [1.82, 2.24) is 20.0 Å². The molecule has 4 heterocycles. The lowest BCUT2D eigenvalue weighted by molar-refractivity contribution is 0.174. The van der Waals surface area contributed by atoms with Gasteiger partial charge in [0.25, 0.3) is 5.71 Å². The van der Waals surface area contributed by atoms with Crippen LogP contribution >= 0.6 is 0 Å². The Bertz CT molecular complexity index is 1270. The van der Waals surface area contributed by atoms with E-state index in [4.69, 9.17) is 14.0 Å². The van der Waals surface area contributed by atoms with Crippen LogP contribution in [-0.4, -0.2) is 53.0 Å². The Balaban J connectivity index is 1.21. The van der Waals surface area contributed by atoms with Gasteiger partial charge < -0.3 is 18.9 Å². The third-order valence-electron chi connectivity index (χ3n) is 5.89. The fourth-order valence-corrected chi connectivity index (χ4v) is 4.23. The van der Waals surface area contributed by atoms with Gasteiger partial charge in [-0.1, -0.05) is 11.2 Å². The average Bonchev–Trinajstić information content (AvgIpc) is 3.47. The van der Waals surface area contributed by atoms with Crippen molar-refractivity contribution in [3.05, 3.63) is 60.2 Å². The van der Waals surface area contributed by atoms with Gasteiger partial charge in [-0.25, -0.2) is 9.37 Å². The molecule has 8 nitrogen and oxygen atoms in total. The van der Waals surface area contributed by atoms with E-state index in [1.54, 1.807) is 12.1 Å². The van der Waals surface area contributed by atoms with E-state index in [0.717, 1.165) is 61.0 Å². The van der Waals surface area contributed by atoms with E-state index in [1.165, 1.54) is 24.0 Å². The van der Waals surface area contributed by atoms with Crippen LogP contribution in [0.3, 0.4) is 0 Å². The first-order valence-corrected chi connectivity index (χ1v) is 10.5. The zero-order valence-corrected chi connectivity index (χ0v) is 17.2. The molecule has 0 aliphatic carbocycles. The van der Waals surface area contributed by atoms with Gasteiger partial charge in [0.1, 0.15) is 29.0 Å². The van der Waals surface area contributed by atoms with Crippen LogP contribution in [0, 0.1) is 5.82 Å². The molecule has 9 heteroatoms. The molecule has 0 spiro atoms. The summed E-state index contributed by atoms with van der Waals surface area (Å²) in [7, 11) is 0. The van der Waals surface area contributed by atoms with Crippen LogP contribution in [0.25, 0.3) is 22.4 Å². The highest BCUT2D eigenvalue weighted by molar-refractivity contribution is 5.97. The number of piperazine rings is 1. The highest BCUT2D eigenvalue weighted by Crippen LogP contribution is 2.34. The number of anilines is 1. The molecule has 32 heavy (non-hydrogen) atoms. The maximum atomic E-state index is 13.4.